The van der Waals surface area contributed by atoms with Gasteiger partial charge in [-0.25, -0.2) is 0 Å². The maximum atomic E-state index is 9.29. The summed E-state index contributed by atoms with van der Waals surface area (Å²) in [6.07, 6.45) is -3.28. The van der Waals surface area contributed by atoms with Gasteiger partial charge >= 0.3 is 0 Å². The number of aliphatic hydroxyl groups is 4. The molecule has 1 aliphatic rings. The highest BCUT2D eigenvalue weighted by Crippen LogP contribution is 2.14. The van der Waals surface area contributed by atoms with Gasteiger partial charge in [0, 0.05) is 6.04 Å². The second-order valence-corrected chi connectivity index (χ2v) is 3.22. The minimum atomic E-state index is -1.18. The van der Waals surface area contributed by atoms with Crippen molar-refractivity contribution in [1.29, 1.82) is 0 Å². The van der Waals surface area contributed by atoms with Crippen molar-refractivity contribution in [3.63, 3.8) is 0 Å². The molecule has 5 N–H and O–H groups in total. The first-order chi connectivity index (χ1) is 5.57. The van der Waals surface area contributed by atoms with E-state index >= 15 is 0 Å². The zero-order chi connectivity index (χ0) is 9.30. The number of hydrogen-bond donors (Lipinski definition) is 5. The molecule has 0 saturated carbocycles. The molecule has 1 aliphatic heterocycles. The predicted molar refractivity (Wildman–Crippen MR) is 41.5 cm³/mol. The lowest BCUT2D eigenvalue weighted by Gasteiger charge is -2.39. The lowest BCUT2D eigenvalue weighted by Crippen LogP contribution is -2.64. The third-order valence-corrected chi connectivity index (χ3v) is 2.30. The molecule has 0 bridgehead atoms. The molecule has 1 fully saturated rings. The zero-order valence-electron chi connectivity index (χ0n) is 6.88. The van der Waals surface area contributed by atoms with Crippen molar-refractivity contribution in [3.8, 4) is 0 Å². The van der Waals surface area contributed by atoms with Gasteiger partial charge in [0.1, 0.15) is 6.10 Å². The molecule has 0 aromatic carbocycles. The normalized spacial score (nSPS) is 49.2. The van der Waals surface area contributed by atoms with E-state index in [4.69, 9.17) is 5.11 Å². The molecular weight excluding hydrogens is 162 g/mol. The van der Waals surface area contributed by atoms with Crippen LogP contribution in [0.3, 0.4) is 0 Å². The Hall–Kier alpha value is -0.200. The Bertz CT molecular complexity index is 150. The van der Waals surface area contributed by atoms with Crippen LogP contribution in [-0.4, -0.2) is 57.4 Å². The summed E-state index contributed by atoms with van der Waals surface area (Å²) in [5.74, 6) is 0. The summed E-state index contributed by atoms with van der Waals surface area (Å²) < 4.78 is 0. The minimum Gasteiger partial charge on any atom is -0.395 e. The third-order valence-electron chi connectivity index (χ3n) is 2.30. The number of hydrogen-bond acceptors (Lipinski definition) is 5. The fourth-order valence-corrected chi connectivity index (χ4v) is 1.43. The van der Waals surface area contributed by atoms with Crippen molar-refractivity contribution >= 4 is 0 Å². The SMILES string of the molecule is C[C@H]1N[C@H](CO)[C@@H](O)[C@@H](O)[C@H]1O. The monoisotopic (exact) mass is 177 g/mol. The van der Waals surface area contributed by atoms with Crippen LogP contribution in [0.5, 0.6) is 0 Å². The summed E-state index contributed by atoms with van der Waals surface area (Å²) in [6, 6.07) is -0.876. The van der Waals surface area contributed by atoms with Crippen LogP contribution in [0.1, 0.15) is 6.92 Å². The first-order valence-corrected chi connectivity index (χ1v) is 3.99. The first-order valence-electron chi connectivity index (χ1n) is 3.99. The van der Waals surface area contributed by atoms with Gasteiger partial charge in [-0.05, 0) is 6.92 Å². The van der Waals surface area contributed by atoms with E-state index in [2.05, 4.69) is 5.32 Å². The molecule has 0 unspecified atom stereocenters. The lowest BCUT2D eigenvalue weighted by molar-refractivity contribution is -0.116. The highest BCUT2D eigenvalue weighted by atomic mass is 16.4. The van der Waals surface area contributed by atoms with Crippen molar-refractivity contribution in [2.45, 2.75) is 37.3 Å². The van der Waals surface area contributed by atoms with E-state index < -0.39 is 24.4 Å². The first kappa shape index (κ1) is 9.88. The van der Waals surface area contributed by atoms with Gasteiger partial charge in [0.05, 0.1) is 24.9 Å². The van der Waals surface area contributed by atoms with Gasteiger partial charge in [0.2, 0.25) is 0 Å². The molecular formula is C7H15NO4. The number of nitrogens with one attached hydrogen (secondary N) is 1. The fraction of sp³-hybridized carbons (Fsp3) is 1.00. The van der Waals surface area contributed by atoms with Gasteiger partial charge in [-0.15, -0.1) is 0 Å². The van der Waals surface area contributed by atoms with E-state index in [1.54, 1.807) is 6.92 Å². The van der Waals surface area contributed by atoms with E-state index in [0.717, 1.165) is 0 Å². The average Bonchev–Trinajstić information content (AvgIpc) is 2.08. The summed E-state index contributed by atoms with van der Waals surface area (Å²) in [5, 5.41) is 39.4. The van der Waals surface area contributed by atoms with Crippen molar-refractivity contribution < 1.29 is 20.4 Å². The number of aliphatic hydroxyl groups excluding tert-OH is 4. The van der Waals surface area contributed by atoms with Crippen molar-refractivity contribution in [1.82, 2.24) is 5.32 Å². The standard InChI is InChI=1S/C7H15NO4/c1-3-5(10)7(12)6(11)4(2-9)8-3/h3-12H,2H2,1H3/t3-,4-,5+,6-,7+/m1/s1. The molecule has 0 aromatic rings. The molecule has 0 aliphatic carbocycles. The minimum absolute atomic E-state index is 0.255. The smallest absolute Gasteiger partial charge is 0.109 e. The number of rotatable bonds is 1. The molecule has 5 heteroatoms. The molecule has 5 nitrogen and oxygen atoms in total. The van der Waals surface area contributed by atoms with Crippen LogP contribution >= 0.6 is 0 Å². The fourth-order valence-electron chi connectivity index (χ4n) is 1.43. The second kappa shape index (κ2) is 3.68. The Morgan fingerprint density at radius 1 is 1.08 bits per heavy atom. The molecule has 5 atom stereocenters. The quantitative estimate of drug-likeness (QED) is 0.303. The van der Waals surface area contributed by atoms with Crippen LogP contribution < -0.4 is 5.32 Å². The van der Waals surface area contributed by atoms with Gasteiger partial charge in [-0.1, -0.05) is 0 Å². The highest BCUT2D eigenvalue weighted by Gasteiger charge is 2.39. The zero-order valence-corrected chi connectivity index (χ0v) is 6.88. The molecule has 0 radical (unpaired) electrons. The van der Waals surface area contributed by atoms with Crippen molar-refractivity contribution in [2.75, 3.05) is 6.61 Å². The Morgan fingerprint density at radius 2 is 1.67 bits per heavy atom. The van der Waals surface area contributed by atoms with Crippen LogP contribution in [0.25, 0.3) is 0 Å². The van der Waals surface area contributed by atoms with E-state index in [-0.39, 0.29) is 12.6 Å². The van der Waals surface area contributed by atoms with E-state index in [0.29, 0.717) is 0 Å². The Balaban J connectivity index is 2.63. The topological polar surface area (TPSA) is 93.0 Å². The maximum Gasteiger partial charge on any atom is 0.109 e. The largest absolute Gasteiger partial charge is 0.395 e. The molecule has 0 spiro atoms. The van der Waals surface area contributed by atoms with Gasteiger partial charge in [0.15, 0.2) is 0 Å². The number of piperidine rings is 1. The summed E-state index contributed by atoms with van der Waals surface area (Å²) in [6.45, 7) is 1.43. The maximum absolute atomic E-state index is 9.29. The molecule has 0 amide bonds. The summed E-state index contributed by atoms with van der Waals surface area (Å²) in [7, 11) is 0. The Morgan fingerprint density at radius 3 is 2.17 bits per heavy atom. The predicted octanol–water partition coefficient (Wildman–Crippen LogP) is -2.58. The van der Waals surface area contributed by atoms with Crippen LogP contribution in [0.15, 0.2) is 0 Å². The highest BCUT2D eigenvalue weighted by molar-refractivity contribution is 4.96. The van der Waals surface area contributed by atoms with Gasteiger partial charge in [-0.3, -0.25) is 0 Å². The van der Waals surface area contributed by atoms with Crippen LogP contribution in [0, 0.1) is 0 Å². The second-order valence-electron chi connectivity index (χ2n) is 3.22. The summed E-state index contributed by atoms with van der Waals surface area (Å²) in [4.78, 5) is 0. The molecule has 1 heterocycles. The van der Waals surface area contributed by atoms with E-state index in [1.165, 1.54) is 0 Å². The molecule has 1 rings (SSSR count). The molecule has 72 valence electrons. The van der Waals surface area contributed by atoms with Gasteiger partial charge in [-0.2, -0.15) is 0 Å². The summed E-state index contributed by atoms with van der Waals surface area (Å²) in [5.41, 5.74) is 0. The lowest BCUT2D eigenvalue weighted by atomic mass is 9.91. The molecule has 0 aromatic heterocycles. The molecule has 1 saturated heterocycles. The van der Waals surface area contributed by atoms with E-state index in [9.17, 15) is 15.3 Å². The Labute approximate surface area is 70.6 Å². The van der Waals surface area contributed by atoms with Crippen LogP contribution in [-0.2, 0) is 0 Å². The third kappa shape index (κ3) is 1.60. The van der Waals surface area contributed by atoms with Crippen LogP contribution in [0.2, 0.25) is 0 Å². The van der Waals surface area contributed by atoms with Gasteiger partial charge in [0.25, 0.3) is 0 Å². The van der Waals surface area contributed by atoms with Crippen molar-refractivity contribution in [2.24, 2.45) is 0 Å². The molecule has 12 heavy (non-hydrogen) atoms. The summed E-state index contributed by atoms with van der Waals surface area (Å²) >= 11 is 0. The Kier molecular flexibility index (Phi) is 3.03. The van der Waals surface area contributed by atoms with E-state index in [1.807, 2.05) is 0 Å². The van der Waals surface area contributed by atoms with Crippen molar-refractivity contribution in [3.05, 3.63) is 0 Å². The van der Waals surface area contributed by atoms with Crippen LogP contribution in [0.4, 0.5) is 0 Å². The van der Waals surface area contributed by atoms with Gasteiger partial charge < -0.3 is 25.7 Å². The average molecular weight is 177 g/mol.